The zero-order valence-electron chi connectivity index (χ0n) is 7.42. The first-order chi connectivity index (χ1) is 6.65. The number of benzene rings is 1. The summed E-state index contributed by atoms with van der Waals surface area (Å²) in [5, 5.41) is 9.96. The number of nitrogens with zero attached hydrogens (tertiary/aromatic N) is 1. The summed E-state index contributed by atoms with van der Waals surface area (Å²) in [4.78, 5) is 10.6. The van der Waals surface area contributed by atoms with Gasteiger partial charge in [-0.05, 0) is 18.2 Å². The predicted octanol–water partition coefficient (Wildman–Crippen LogP) is 0.495. The lowest BCUT2D eigenvalue weighted by Gasteiger charge is -2.13. The molecule has 0 aliphatic rings. The molecule has 0 bridgehead atoms. The maximum atomic E-state index is 10.6. The van der Waals surface area contributed by atoms with Crippen molar-refractivity contribution in [1.29, 1.82) is 0 Å². The minimum Gasteiger partial charge on any atom is -0.478 e. The lowest BCUT2D eigenvalue weighted by molar-refractivity contribution is 0.0697. The summed E-state index contributed by atoms with van der Waals surface area (Å²) >= 11 is 0. The van der Waals surface area contributed by atoms with Gasteiger partial charge in [0.1, 0.15) is 0 Å². The van der Waals surface area contributed by atoms with E-state index in [-0.39, 0.29) is 5.56 Å². The molecule has 5 heteroatoms. The van der Waals surface area contributed by atoms with Gasteiger partial charge >= 0.3 is 5.97 Å². The van der Waals surface area contributed by atoms with Crippen molar-refractivity contribution in [2.24, 2.45) is 11.6 Å². The van der Waals surface area contributed by atoms with Crippen molar-refractivity contribution in [3.63, 3.8) is 0 Å². The highest BCUT2D eigenvalue weighted by Crippen LogP contribution is 2.13. The molecule has 0 aromatic heterocycles. The third-order valence-corrected chi connectivity index (χ3v) is 1.64. The number of carboxylic acid groups (broad SMARTS) is 1. The number of hydrogen-bond acceptors (Lipinski definition) is 4. The van der Waals surface area contributed by atoms with E-state index < -0.39 is 5.97 Å². The Kier molecular flexibility index (Phi) is 3.09. The SMILES string of the molecule is N/C=C\N(N)c1cccc(C(=O)O)c1. The minimum atomic E-state index is -0.989. The molecule has 14 heavy (non-hydrogen) atoms. The van der Waals surface area contributed by atoms with Crippen LogP contribution in [-0.2, 0) is 0 Å². The number of anilines is 1. The van der Waals surface area contributed by atoms with Gasteiger partial charge in [0.05, 0.1) is 11.3 Å². The van der Waals surface area contributed by atoms with Crippen LogP contribution < -0.4 is 16.6 Å². The van der Waals surface area contributed by atoms with Crippen molar-refractivity contribution in [3.05, 3.63) is 42.2 Å². The smallest absolute Gasteiger partial charge is 0.335 e. The molecule has 5 nitrogen and oxygen atoms in total. The van der Waals surface area contributed by atoms with E-state index in [9.17, 15) is 4.79 Å². The van der Waals surface area contributed by atoms with Crippen LogP contribution in [0.2, 0.25) is 0 Å². The normalized spacial score (nSPS) is 10.4. The Balaban J connectivity index is 2.99. The van der Waals surface area contributed by atoms with E-state index in [1.165, 1.54) is 29.5 Å². The summed E-state index contributed by atoms with van der Waals surface area (Å²) < 4.78 is 0. The molecule has 0 fully saturated rings. The number of hydrogen-bond donors (Lipinski definition) is 3. The fourth-order valence-corrected chi connectivity index (χ4v) is 0.978. The molecule has 1 rings (SSSR count). The fourth-order valence-electron chi connectivity index (χ4n) is 0.978. The summed E-state index contributed by atoms with van der Waals surface area (Å²) in [5.74, 6) is 4.56. The van der Waals surface area contributed by atoms with Crippen LogP contribution in [0.3, 0.4) is 0 Å². The second-order valence-corrected chi connectivity index (χ2v) is 2.60. The van der Waals surface area contributed by atoms with Gasteiger partial charge in [-0.15, -0.1) is 0 Å². The van der Waals surface area contributed by atoms with Gasteiger partial charge in [-0.2, -0.15) is 0 Å². The molecule has 0 aliphatic heterocycles. The number of rotatable bonds is 3. The number of hydrazine groups is 1. The molecule has 0 radical (unpaired) electrons. The van der Waals surface area contributed by atoms with Crippen LogP contribution in [0.5, 0.6) is 0 Å². The maximum absolute atomic E-state index is 10.6. The standard InChI is InChI=1S/C9H11N3O2/c10-4-5-12(11)8-3-1-2-7(6-8)9(13)14/h1-6H,10-11H2,(H,13,14)/b5-4-. The monoisotopic (exact) mass is 193 g/mol. The van der Waals surface area contributed by atoms with E-state index in [0.29, 0.717) is 5.69 Å². The molecule has 1 aromatic carbocycles. The topological polar surface area (TPSA) is 92.6 Å². The zero-order valence-corrected chi connectivity index (χ0v) is 7.42. The van der Waals surface area contributed by atoms with Crippen LogP contribution in [-0.4, -0.2) is 11.1 Å². The molecular formula is C9H11N3O2. The highest BCUT2D eigenvalue weighted by Gasteiger charge is 2.04. The Morgan fingerprint density at radius 1 is 1.50 bits per heavy atom. The van der Waals surface area contributed by atoms with Gasteiger partial charge in [0.25, 0.3) is 0 Å². The summed E-state index contributed by atoms with van der Waals surface area (Å²) in [7, 11) is 0. The molecule has 0 saturated heterocycles. The molecule has 0 heterocycles. The van der Waals surface area contributed by atoms with Crippen LogP contribution in [0.1, 0.15) is 10.4 Å². The van der Waals surface area contributed by atoms with Crippen LogP contribution in [0.15, 0.2) is 36.7 Å². The molecule has 0 saturated carbocycles. The van der Waals surface area contributed by atoms with Gasteiger partial charge in [0.15, 0.2) is 0 Å². The second-order valence-electron chi connectivity index (χ2n) is 2.60. The lowest BCUT2D eigenvalue weighted by atomic mass is 10.2. The first-order valence-electron chi connectivity index (χ1n) is 3.91. The molecule has 0 unspecified atom stereocenters. The highest BCUT2D eigenvalue weighted by atomic mass is 16.4. The van der Waals surface area contributed by atoms with Gasteiger partial charge in [-0.1, -0.05) is 6.07 Å². The Morgan fingerprint density at radius 3 is 2.79 bits per heavy atom. The van der Waals surface area contributed by atoms with Gasteiger partial charge in [-0.3, -0.25) is 5.01 Å². The summed E-state index contributed by atoms with van der Waals surface area (Å²) in [5.41, 5.74) is 5.89. The zero-order chi connectivity index (χ0) is 10.6. The van der Waals surface area contributed by atoms with Gasteiger partial charge < -0.3 is 10.8 Å². The molecule has 74 valence electrons. The second kappa shape index (κ2) is 4.29. The molecular weight excluding hydrogens is 182 g/mol. The molecule has 5 N–H and O–H groups in total. The highest BCUT2D eigenvalue weighted by molar-refractivity contribution is 5.88. The summed E-state index contributed by atoms with van der Waals surface area (Å²) in [6.07, 6.45) is 2.70. The molecule has 0 spiro atoms. The maximum Gasteiger partial charge on any atom is 0.335 e. The van der Waals surface area contributed by atoms with Crippen molar-refractivity contribution >= 4 is 11.7 Å². The van der Waals surface area contributed by atoms with Crippen molar-refractivity contribution in [1.82, 2.24) is 0 Å². The number of carbonyl (C=O) groups is 1. The average Bonchev–Trinajstić information content (AvgIpc) is 2.18. The average molecular weight is 193 g/mol. The van der Waals surface area contributed by atoms with E-state index in [2.05, 4.69) is 0 Å². The van der Waals surface area contributed by atoms with E-state index >= 15 is 0 Å². The predicted molar refractivity (Wildman–Crippen MR) is 53.4 cm³/mol. The summed E-state index contributed by atoms with van der Waals surface area (Å²) in [6, 6.07) is 6.25. The molecule has 0 aliphatic carbocycles. The van der Waals surface area contributed by atoms with Crippen LogP contribution in [0.25, 0.3) is 0 Å². The van der Waals surface area contributed by atoms with E-state index in [4.69, 9.17) is 16.7 Å². The first-order valence-corrected chi connectivity index (χ1v) is 3.91. The van der Waals surface area contributed by atoms with E-state index in [1.54, 1.807) is 12.1 Å². The largest absolute Gasteiger partial charge is 0.478 e. The van der Waals surface area contributed by atoms with E-state index in [1.807, 2.05) is 0 Å². The van der Waals surface area contributed by atoms with Gasteiger partial charge in [0, 0.05) is 12.4 Å². The van der Waals surface area contributed by atoms with Crippen molar-refractivity contribution in [3.8, 4) is 0 Å². The third-order valence-electron chi connectivity index (χ3n) is 1.64. The fraction of sp³-hybridized carbons (Fsp3) is 0. The lowest BCUT2D eigenvalue weighted by Crippen LogP contribution is -2.24. The van der Waals surface area contributed by atoms with Crippen molar-refractivity contribution < 1.29 is 9.90 Å². The molecule has 0 atom stereocenters. The van der Waals surface area contributed by atoms with Crippen LogP contribution in [0, 0.1) is 0 Å². The Hall–Kier alpha value is -2.01. The Labute approximate surface area is 81.2 Å². The first kappa shape index (κ1) is 10.1. The number of aromatic carboxylic acids is 1. The Bertz CT molecular complexity index is 363. The molecule has 1 aromatic rings. The Morgan fingerprint density at radius 2 is 2.21 bits per heavy atom. The van der Waals surface area contributed by atoms with Gasteiger partial charge in [0.2, 0.25) is 0 Å². The van der Waals surface area contributed by atoms with E-state index in [0.717, 1.165) is 0 Å². The quantitative estimate of drug-likeness (QED) is 0.480. The minimum absolute atomic E-state index is 0.184. The van der Waals surface area contributed by atoms with Crippen LogP contribution in [0.4, 0.5) is 5.69 Å². The molecule has 0 amide bonds. The number of nitrogens with two attached hydrogens (primary N) is 2. The summed E-state index contributed by atoms with van der Waals surface area (Å²) in [6.45, 7) is 0. The van der Waals surface area contributed by atoms with Gasteiger partial charge in [-0.25, -0.2) is 10.6 Å². The van der Waals surface area contributed by atoms with Crippen molar-refractivity contribution in [2.75, 3.05) is 5.01 Å². The van der Waals surface area contributed by atoms with Crippen LogP contribution >= 0.6 is 0 Å². The third kappa shape index (κ3) is 2.24. The van der Waals surface area contributed by atoms with Crippen molar-refractivity contribution in [2.45, 2.75) is 0 Å². The number of carboxylic acids is 1.